The number of aromatic amines is 1. The number of likely N-dealkylation sites (tertiary alicyclic amines) is 1. The zero-order chi connectivity index (χ0) is 26.8. The Bertz CT molecular complexity index is 1170. The van der Waals surface area contributed by atoms with Gasteiger partial charge in [0.2, 0.25) is 11.8 Å². The molecular weight excluding hydrogens is 487 g/mol. The summed E-state index contributed by atoms with van der Waals surface area (Å²) in [7, 11) is 0. The Morgan fingerprint density at radius 1 is 1.05 bits per heavy atom. The minimum Gasteiger partial charge on any atom is -0.477 e. The number of benzene rings is 1. The van der Waals surface area contributed by atoms with Gasteiger partial charge in [-0.1, -0.05) is 32.1 Å². The molecule has 3 aliphatic rings. The normalized spacial score (nSPS) is 27.4. The van der Waals surface area contributed by atoms with E-state index >= 15 is 0 Å². The Morgan fingerprint density at radius 2 is 1.79 bits per heavy atom. The number of rotatable bonds is 7. The van der Waals surface area contributed by atoms with Crippen LogP contribution in [0.15, 0.2) is 24.3 Å². The van der Waals surface area contributed by atoms with Crippen molar-refractivity contribution in [2.75, 3.05) is 18.5 Å². The molecule has 1 aromatic carbocycles. The number of hydrogen-bond donors (Lipinski definition) is 4. The summed E-state index contributed by atoms with van der Waals surface area (Å²) in [5.41, 5.74) is 7.28. The van der Waals surface area contributed by atoms with Crippen molar-refractivity contribution in [2.45, 2.75) is 76.3 Å². The zero-order valence-corrected chi connectivity index (χ0v) is 21.8. The number of nitrogens with zero attached hydrogens (tertiary/aromatic N) is 1. The van der Waals surface area contributed by atoms with Crippen LogP contribution in [-0.4, -0.2) is 58.1 Å². The molecule has 1 aromatic heterocycles. The Labute approximate surface area is 222 Å². The highest BCUT2D eigenvalue weighted by molar-refractivity contribution is 6.00. The Balaban J connectivity index is 1.34. The van der Waals surface area contributed by atoms with Gasteiger partial charge in [-0.15, -0.1) is 0 Å². The van der Waals surface area contributed by atoms with E-state index in [1.54, 1.807) is 24.3 Å². The number of H-pyrrole nitrogens is 1. The summed E-state index contributed by atoms with van der Waals surface area (Å²) in [5, 5.41) is 13.0. The quantitative estimate of drug-likeness (QED) is 0.416. The molecule has 8 nitrogen and oxygen atoms in total. The van der Waals surface area contributed by atoms with E-state index in [0.29, 0.717) is 41.9 Å². The molecule has 2 heterocycles. The summed E-state index contributed by atoms with van der Waals surface area (Å²) in [4.78, 5) is 43.6. The minimum absolute atomic E-state index is 0.0444. The lowest BCUT2D eigenvalue weighted by atomic mass is 9.76. The van der Waals surface area contributed by atoms with E-state index in [-0.39, 0.29) is 35.3 Å². The first kappa shape index (κ1) is 26.7. The molecule has 5 rings (SSSR count). The largest absolute Gasteiger partial charge is 0.477 e. The lowest BCUT2D eigenvalue weighted by Gasteiger charge is -2.36. The van der Waals surface area contributed by atoms with Gasteiger partial charge in [0, 0.05) is 35.1 Å². The highest BCUT2D eigenvalue weighted by Crippen LogP contribution is 2.41. The van der Waals surface area contributed by atoms with Gasteiger partial charge in [0.25, 0.3) is 0 Å². The van der Waals surface area contributed by atoms with Crippen molar-refractivity contribution in [3.63, 3.8) is 0 Å². The number of amides is 2. The molecule has 3 atom stereocenters. The first-order valence-corrected chi connectivity index (χ1v) is 14.1. The lowest BCUT2D eigenvalue weighted by molar-refractivity contribution is -0.142. The zero-order valence-electron chi connectivity index (χ0n) is 21.8. The van der Waals surface area contributed by atoms with E-state index < -0.39 is 24.7 Å². The number of alkyl halides is 1. The van der Waals surface area contributed by atoms with E-state index in [0.717, 1.165) is 32.1 Å². The number of halogens is 1. The standard InChI is InChI=1S/C29H39FN4O4/c30-16-23(31)18-6-8-19(9-7-18)28(36)34-13-12-22(17-4-2-1-3-5-17)26(34)27(35)32-21-10-11-24-20(14-21)15-25(33-24)29(37)38/h10-11,14-15,17-19,22-23,26,33H,1-9,12-13,16,31H2,(H,32,35)(H,37,38)/t18?,19?,22?,23-,26+/m1/s1. The smallest absolute Gasteiger partial charge is 0.352 e. The number of anilines is 1. The number of hydrogen-bond acceptors (Lipinski definition) is 4. The van der Waals surface area contributed by atoms with Crippen molar-refractivity contribution in [3.8, 4) is 0 Å². The van der Waals surface area contributed by atoms with E-state index in [2.05, 4.69) is 10.3 Å². The summed E-state index contributed by atoms with van der Waals surface area (Å²) in [6, 6.07) is 5.85. The van der Waals surface area contributed by atoms with Gasteiger partial charge in [-0.05, 0) is 74.1 Å². The molecule has 2 aliphatic carbocycles. The van der Waals surface area contributed by atoms with Crippen LogP contribution in [0.3, 0.4) is 0 Å². The Kier molecular flexibility index (Phi) is 8.02. The summed E-state index contributed by atoms with van der Waals surface area (Å²) in [6.45, 7) is 0.0493. The molecule has 2 saturated carbocycles. The Hall–Kier alpha value is -2.94. The van der Waals surface area contributed by atoms with Gasteiger partial charge in [-0.2, -0.15) is 0 Å². The van der Waals surface area contributed by atoms with Gasteiger partial charge >= 0.3 is 5.97 Å². The predicted molar refractivity (Wildman–Crippen MR) is 143 cm³/mol. The average molecular weight is 527 g/mol. The fraction of sp³-hybridized carbons (Fsp3) is 0.621. The second-order valence-corrected chi connectivity index (χ2v) is 11.5. The second-order valence-electron chi connectivity index (χ2n) is 11.5. The third kappa shape index (κ3) is 5.44. The van der Waals surface area contributed by atoms with Crippen LogP contribution in [0.4, 0.5) is 10.1 Å². The number of aromatic nitrogens is 1. The second kappa shape index (κ2) is 11.4. The number of carboxylic acids is 1. The number of fused-ring (bicyclic) bond motifs is 1. The SMILES string of the molecule is N[C@H](CF)C1CCC(C(=O)N2CCC(C3CCCCC3)[C@H]2C(=O)Nc2ccc3[nH]c(C(=O)O)cc3c2)CC1. The number of nitrogens with two attached hydrogens (primary N) is 1. The summed E-state index contributed by atoms with van der Waals surface area (Å²) >= 11 is 0. The van der Waals surface area contributed by atoms with E-state index in [1.165, 1.54) is 19.3 Å². The van der Waals surface area contributed by atoms with Gasteiger partial charge in [-0.25, -0.2) is 9.18 Å². The maximum absolute atomic E-state index is 13.8. The van der Waals surface area contributed by atoms with E-state index in [1.807, 2.05) is 4.90 Å². The average Bonchev–Trinajstić information content (AvgIpc) is 3.58. The molecule has 206 valence electrons. The molecule has 0 spiro atoms. The molecule has 1 aliphatic heterocycles. The third-order valence-electron chi connectivity index (χ3n) is 9.28. The predicted octanol–water partition coefficient (Wildman–Crippen LogP) is 4.71. The van der Waals surface area contributed by atoms with Crippen molar-refractivity contribution >= 4 is 34.4 Å². The van der Waals surface area contributed by atoms with Crippen LogP contribution in [0, 0.1) is 23.7 Å². The summed E-state index contributed by atoms with van der Waals surface area (Å²) < 4.78 is 13.1. The first-order valence-electron chi connectivity index (χ1n) is 14.1. The van der Waals surface area contributed by atoms with Gasteiger partial charge in [0.05, 0.1) is 0 Å². The van der Waals surface area contributed by atoms with Crippen LogP contribution in [-0.2, 0) is 9.59 Å². The number of aromatic carboxylic acids is 1. The van der Waals surface area contributed by atoms with Crippen molar-refractivity contribution in [1.29, 1.82) is 0 Å². The van der Waals surface area contributed by atoms with Gasteiger partial charge in [0.1, 0.15) is 18.4 Å². The minimum atomic E-state index is -1.04. The molecule has 0 radical (unpaired) electrons. The molecule has 9 heteroatoms. The number of nitrogens with one attached hydrogen (secondary N) is 2. The Morgan fingerprint density at radius 3 is 2.47 bits per heavy atom. The number of carbonyl (C=O) groups is 3. The van der Waals surface area contributed by atoms with Gasteiger partial charge in [0.15, 0.2) is 0 Å². The number of carboxylic acid groups (broad SMARTS) is 1. The van der Waals surface area contributed by atoms with Crippen molar-refractivity contribution in [3.05, 3.63) is 30.0 Å². The van der Waals surface area contributed by atoms with Crippen LogP contribution in [0.1, 0.15) is 74.7 Å². The van der Waals surface area contributed by atoms with Crippen LogP contribution in [0.25, 0.3) is 10.9 Å². The van der Waals surface area contributed by atoms with Crippen molar-refractivity contribution in [2.24, 2.45) is 29.4 Å². The highest BCUT2D eigenvalue weighted by atomic mass is 19.1. The van der Waals surface area contributed by atoms with E-state index in [4.69, 9.17) is 5.73 Å². The maximum Gasteiger partial charge on any atom is 0.352 e. The molecule has 1 saturated heterocycles. The summed E-state index contributed by atoms with van der Waals surface area (Å²) in [6.07, 6.45) is 9.43. The molecule has 2 aromatic rings. The maximum atomic E-state index is 13.8. The molecule has 1 unspecified atom stereocenters. The van der Waals surface area contributed by atoms with E-state index in [9.17, 15) is 23.9 Å². The summed E-state index contributed by atoms with van der Waals surface area (Å²) in [5.74, 6) is -0.643. The molecule has 3 fully saturated rings. The molecule has 0 bridgehead atoms. The monoisotopic (exact) mass is 526 g/mol. The molecule has 2 amide bonds. The van der Waals surface area contributed by atoms with Crippen LogP contribution >= 0.6 is 0 Å². The fourth-order valence-corrected chi connectivity index (χ4v) is 7.15. The third-order valence-corrected chi connectivity index (χ3v) is 9.28. The van der Waals surface area contributed by atoms with Crippen molar-refractivity contribution < 1.29 is 23.9 Å². The highest BCUT2D eigenvalue weighted by Gasteiger charge is 2.47. The molecular formula is C29H39FN4O4. The van der Waals surface area contributed by atoms with Crippen LogP contribution in [0.5, 0.6) is 0 Å². The van der Waals surface area contributed by atoms with Crippen molar-refractivity contribution in [1.82, 2.24) is 9.88 Å². The molecule has 38 heavy (non-hydrogen) atoms. The topological polar surface area (TPSA) is 129 Å². The van der Waals surface area contributed by atoms with Crippen LogP contribution in [0.2, 0.25) is 0 Å². The van der Waals surface area contributed by atoms with Gasteiger partial charge in [-0.3, -0.25) is 9.59 Å². The fourth-order valence-electron chi connectivity index (χ4n) is 7.15. The van der Waals surface area contributed by atoms with Crippen LogP contribution < -0.4 is 11.1 Å². The first-order chi connectivity index (χ1) is 18.4. The molecule has 5 N–H and O–H groups in total. The number of carbonyl (C=O) groups excluding carboxylic acids is 2. The van der Waals surface area contributed by atoms with Gasteiger partial charge < -0.3 is 26.0 Å². The lowest BCUT2D eigenvalue weighted by Crippen LogP contribution is -2.50.